The average molecular weight is 371 g/mol. The second kappa shape index (κ2) is 6.47. The van der Waals surface area contributed by atoms with E-state index >= 15 is 0 Å². The van der Waals surface area contributed by atoms with Gasteiger partial charge in [0, 0.05) is 16.5 Å². The molecule has 1 N–H and O–H groups in total. The number of hydrogen-bond acceptors (Lipinski definition) is 3. The van der Waals surface area contributed by atoms with Crippen molar-refractivity contribution in [3.63, 3.8) is 0 Å². The van der Waals surface area contributed by atoms with Crippen molar-refractivity contribution in [2.75, 3.05) is 0 Å². The third kappa shape index (κ3) is 4.01. The first kappa shape index (κ1) is 14.5. The highest BCUT2D eigenvalue weighted by atomic mass is 127. The Bertz CT molecular complexity index is 539. The molecule has 1 aromatic heterocycles. The molecule has 1 heterocycles. The van der Waals surface area contributed by atoms with Crippen LogP contribution >= 0.6 is 22.6 Å². The summed E-state index contributed by atoms with van der Waals surface area (Å²) in [7, 11) is 0. The van der Waals surface area contributed by atoms with E-state index in [1.165, 1.54) is 0 Å². The highest BCUT2D eigenvalue weighted by Crippen LogP contribution is 2.19. The third-order valence-corrected chi connectivity index (χ3v) is 3.51. The molecule has 5 heteroatoms. The van der Waals surface area contributed by atoms with E-state index in [1.54, 1.807) is 6.33 Å². The molecule has 2 aromatic rings. The molecule has 1 unspecified atom stereocenters. The molecule has 0 aliphatic carbocycles. The number of benzene rings is 1. The van der Waals surface area contributed by atoms with Gasteiger partial charge in [0.1, 0.15) is 12.2 Å². The number of hydrogen-bond donors (Lipinski definition) is 1. The van der Waals surface area contributed by atoms with E-state index in [0.717, 1.165) is 21.5 Å². The number of aromatic nitrogens is 3. The highest BCUT2D eigenvalue weighted by Gasteiger charge is 2.14. The van der Waals surface area contributed by atoms with Crippen LogP contribution in [0.3, 0.4) is 0 Å². The van der Waals surface area contributed by atoms with E-state index in [4.69, 9.17) is 0 Å². The van der Waals surface area contributed by atoms with Gasteiger partial charge < -0.3 is 5.11 Å². The Kier molecular flexibility index (Phi) is 4.93. The van der Waals surface area contributed by atoms with Crippen molar-refractivity contribution in [2.24, 2.45) is 5.92 Å². The summed E-state index contributed by atoms with van der Waals surface area (Å²) in [6, 6.07) is 7.90. The molecule has 0 saturated carbocycles. The molecule has 0 aliphatic heterocycles. The van der Waals surface area contributed by atoms with Crippen LogP contribution in [0.5, 0.6) is 0 Å². The molecule has 0 fully saturated rings. The molecule has 2 rings (SSSR count). The van der Waals surface area contributed by atoms with Gasteiger partial charge in [-0.2, -0.15) is 5.10 Å². The van der Waals surface area contributed by atoms with Crippen LogP contribution in [0, 0.1) is 9.49 Å². The fraction of sp³-hybridized carbons (Fsp3) is 0.429. The third-order valence-electron chi connectivity index (χ3n) is 2.84. The predicted molar refractivity (Wildman–Crippen MR) is 82.7 cm³/mol. The van der Waals surface area contributed by atoms with Crippen LogP contribution < -0.4 is 0 Å². The van der Waals surface area contributed by atoms with Gasteiger partial charge in [-0.05, 0) is 46.2 Å². The summed E-state index contributed by atoms with van der Waals surface area (Å²) < 4.78 is 3.00. The van der Waals surface area contributed by atoms with Gasteiger partial charge in [0.2, 0.25) is 0 Å². The zero-order chi connectivity index (χ0) is 13.8. The quantitative estimate of drug-likeness (QED) is 0.823. The normalized spacial score (nSPS) is 12.9. The molecule has 19 heavy (non-hydrogen) atoms. The van der Waals surface area contributed by atoms with Gasteiger partial charge in [0.15, 0.2) is 0 Å². The van der Waals surface area contributed by atoms with Gasteiger partial charge >= 0.3 is 0 Å². The summed E-state index contributed by atoms with van der Waals surface area (Å²) in [6.45, 7) is 5.11. The predicted octanol–water partition coefficient (Wildman–Crippen LogP) is 2.81. The Labute approximate surface area is 127 Å². The van der Waals surface area contributed by atoms with Gasteiger partial charge in [-0.1, -0.05) is 26.0 Å². The van der Waals surface area contributed by atoms with E-state index in [1.807, 2.05) is 28.9 Å². The molecular weight excluding hydrogens is 353 g/mol. The summed E-state index contributed by atoms with van der Waals surface area (Å²) in [5.74, 6) is 1.34. The number of halogens is 1. The SMILES string of the molecule is CC(C)Cn1ncnc1CC(O)c1cccc(I)c1. The lowest BCUT2D eigenvalue weighted by Gasteiger charge is -2.13. The maximum absolute atomic E-state index is 10.3. The van der Waals surface area contributed by atoms with Crippen LogP contribution in [-0.4, -0.2) is 19.9 Å². The Balaban J connectivity index is 2.10. The van der Waals surface area contributed by atoms with Gasteiger partial charge in [-0.25, -0.2) is 9.67 Å². The lowest BCUT2D eigenvalue weighted by atomic mass is 10.1. The number of aliphatic hydroxyl groups excluding tert-OH is 1. The maximum Gasteiger partial charge on any atom is 0.138 e. The molecule has 0 amide bonds. The fourth-order valence-electron chi connectivity index (χ4n) is 1.95. The molecule has 0 aliphatic rings. The van der Waals surface area contributed by atoms with Crippen LogP contribution in [0.1, 0.15) is 31.3 Å². The van der Waals surface area contributed by atoms with E-state index < -0.39 is 6.10 Å². The Morgan fingerprint density at radius 1 is 1.37 bits per heavy atom. The van der Waals surface area contributed by atoms with Crippen molar-refractivity contribution in [3.05, 3.63) is 45.6 Å². The largest absolute Gasteiger partial charge is 0.388 e. The fourth-order valence-corrected chi connectivity index (χ4v) is 2.52. The zero-order valence-corrected chi connectivity index (χ0v) is 13.3. The van der Waals surface area contributed by atoms with Crippen LogP contribution in [-0.2, 0) is 13.0 Å². The highest BCUT2D eigenvalue weighted by molar-refractivity contribution is 14.1. The molecule has 0 spiro atoms. The second-order valence-corrected chi connectivity index (χ2v) is 6.27. The van der Waals surface area contributed by atoms with Crippen LogP contribution in [0.15, 0.2) is 30.6 Å². The smallest absolute Gasteiger partial charge is 0.138 e. The summed E-state index contributed by atoms with van der Waals surface area (Å²) in [5.41, 5.74) is 0.922. The van der Waals surface area contributed by atoms with Gasteiger partial charge in [0.05, 0.1) is 6.10 Å². The number of nitrogens with zero attached hydrogens (tertiary/aromatic N) is 3. The molecule has 102 valence electrons. The molecule has 1 aromatic carbocycles. The number of rotatable bonds is 5. The Morgan fingerprint density at radius 2 is 2.16 bits per heavy atom. The Hall–Kier alpha value is -0.950. The molecular formula is C14H18IN3O. The summed E-state index contributed by atoms with van der Waals surface area (Å²) in [5, 5.41) is 14.5. The average Bonchev–Trinajstić information content (AvgIpc) is 2.75. The summed E-state index contributed by atoms with van der Waals surface area (Å²) in [4.78, 5) is 4.25. The first-order valence-corrected chi connectivity index (χ1v) is 7.44. The van der Waals surface area contributed by atoms with Gasteiger partial charge in [-0.3, -0.25) is 0 Å². The lowest BCUT2D eigenvalue weighted by Crippen LogP contribution is -2.13. The van der Waals surface area contributed by atoms with E-state index in [2.05, 4.69) is 46.5 Å². The van der Waals surface area contributed by atoms with E-state index in [9.17, 15) is 5.11 Å². The minimum Gasteiger partial charge on any atom is -0.388 e. The molecule has 0 bridgehead atoms. The summed E-state index contributed by atoms with van der Waals surface area (Å²) in [6.07, 6.45) is 1.51. The topological polar surface area (TPSA) is 50.9 Å². The maximum atomic E-state index is 10.3. The first-order valence-electron chi connectivity index (χ1n) is 6.36. The molecule has 0 saturated heterocycles. The monoisotopic (exact) mass is 371 g/mol. The zero-order valence-electron chi connectivity index (χ0n) is 11.1. The first-order chi connectivity index (χ1) is 9.06. The minimum absolute atomic E-state index is 0.493. The van der Waals surface area contributed by atoms with Crippen LogP contribution in [0.4, 0.5) is 0 Å². The van der Waals surface area contributed by atoms with E-state index in [-0.39, 0.29) is 0 Å². The van der Waals surface area contributed by atoms with Crippen molar-refractivity contribution < 1.29 is 5.11 Å². The van der Waals surface area contributed by atoms with Crippen molar-refractivity contribution in [3.8, 4) is 0 Å². The van der Waals surface area contributed by atoms with Gasteiger partial charge in [0.25, 0.3) is 0 Å². The van der Waals surface area contributed by atoms with Gasteiger partial charge in [-0.15, -0.1) is 0 Å². The van der Waals surface area contributed by atoms with Crippen molar-refractivity contribution in [2.45, 2.75) is 32.9 Å². The standard InChI is InChI=1S/C14H18IN3O/c1-10(2)8-18-14(16-9-17-18)7-13(19)11-4-3-5-12(15)6-11/h3-6,9-10,13,19H,7-8H2,1-2H3. The van der Waals surface area contributed by atoms with Crippen LogP contribution in [0.2, 0.25) is 0 Å². The lowest BCUT2D eigenvalue weighted by molar-refractivity contribution is 0.173. The van der Waals surface area contributed by atoms with Crippen molar-refractivity contribution in [1.82, 2.24) is 14.8 Å². The molecule has 1 atom stereocenters. The Morgan fingerprint density at radius 3 is 2.84 bits per heavy atom. The van der Waals surface area contributed by atoms with Crippen molar-refractivity contribution >= 4 is 22.6 Å². The molecule has 0 radical (unpaired) electrons. The number of aliphatic hydroxyl groups is 1. The summed E-state index contributed by atoms with van der Waals surface area (Å²) >= 11 is 2.25. The minimum atomic E-state index is -0.537. The second-order valence-electron chi connectivity index (χ2n) is 5.03. The molecule has 4 nitrogen and oxygen atoms in total. The van der Waals surface area contributed by atoms with E-state index in [0.29, 0.717) is 12.3 Å². The van der Waals surface area contributed by atoms with Crippen LogP contribution in [0.25, 0.3) is 0 Å². The van der Waals surface area contributed by atoms with Crippen molar-refractivity contribution in [1.29, 1.82) is 0 Å².